The summed E-state index contributed by atoms with van der Waals surface area (Å²) in [6.45, 7) is 5.78. The zero-order chi connectivity index (χ0) is 23.0. The summed E-state index contributed by atoms with van der Waals surface area (Å²) >= 11 is 0. The van der Waals surface area contributed by atoms with Gasteiger partial charge >= 0.3 is 0 Å². The zero-order valence-corrected chi connectivity index (χ0v) is 20.1. The van der Waals surface area contributed by atoms with Gasteiger partial charge in [-0.2, -0.15) is 0 Å². The van der Waals surface area contributed by atoms with Gasteiger partial charge in [-0.05, 0) is 93.1 Å². The van der Waals surface area contributed by atoms with Gasteiger partial charge < -0.3 is 19.7 Å². The molecule has 2 atom stereocenters. The normalized spacial score (nSPS) is 20.0. The van der Waals surface area contributed by atoms with Crippen molar-refractivity contribution in [2.75, 3.05) is 26.8 Å². The molecule has 1 aliphatic heterocycles. The third kappa shape index (κ3) is 6.81. The molecule has 5 heteroatoms. The van der Waals surface area contributed by atoms with E-state index in [4.69, 9.17) is 9.47 Å². The number of benzene rings is 2. The van der Waals surface area contributed by atoms with Crippen LogP contribution in [0, 0.1) is 0 Å². The summed E-state index contributed by atoms with van der Waals surface area (Å²) < 4.78 is 11.4. The van der Waals surface area contributed by atoms with Crippen LogP contribution in [-0.4, -0.2) is 49.8 Å². The van der Waals surface area contributed by atoms with Crippen molar-refractivity contribution in [3.8, 4) is 5.75 Å². The highest BCUT2D eigenvalue weighted by atomic mass is 16.5. The molecule has 4 rings (SSSR count). The fourth-order valence-electron chi connectivity index (χ4n) is 4.78. The first-order chi connectivity index (χ1) is 16.1. The topological polar surface area (TPSA) is 50.8 Å². The maximum absolute atomic E-state index is 12.8. The van der Waals surface area contributed by atoms with Crippen LogP contribution in [0.2, 0.25) is 0 Å². The average Bonchev–Trinajstić information content (AvgIpc) is 3.35. The van der Waals surface area contributed by atoms with Gasteiger partial charge in [0.15, 0.2) is 0 Å². The molecule has 1 aliphatic carbocycles. The summed E-state index contributed by atoms with van der Waals surface area (Å²) in [5, 5.41) is 3.23. The smallest absolute Gasteiger partial charge is 0.251 e. The number of hydrogen-bond acceptors (Lipinski definition) is 4. The molecule has 1 fully saturated rings. The lowest BCUT2D eigenvalue weighted by Crippen LogP contribution is -2.38. The number of carbonyl (C=O) groups excluding carboxylic acids is 1. The summed E-state index contributed by atoms with van der Waals surface area (Å²) in [6, 6.07) is 14.5. The second-order valence-corrected chi connectivity index (χ2v) is 9.58. The van der Waals surface area contributed by atoms with Crippen LogP contribution in [0.3, 0.4) is 0 Å². The van der Waals surface area contributed by atoms with E-state index in [0.29, 0.717) is 12.2 Å². The Morgan fingerprint density at radius 2 is 2.00 bits per heavy atom. The van der Waals surface area contributed by atoms with Crippen molar-refractivity contribution in [2.45, 2.75) is 70.6 Å². The molecule has 2 aliphatic rings. The number of nitrogens with one attached hydrogen (secondary N) is 1. The summed E-state index contributed by atoms with van der Waals surface area (Å²) in [6.07, 6.45) is 7.73. The lowest BCUT2D eigenvalue weighted by atomic mass is 9.87. The number of hydrogen-bond donors (Lipinski definition) is 1. The van der Waals surface area contributed by atoms with E-state index in [1.165, 1.54) is 29.5 Å². The summed E-state index contributed by atoms with van der Waals surface area (Å²) in [5.41, 5.74) is 4.87. The van der Waals surface area contributed by atoms with Gasteiger partial charge in [-0.15, -0.1) is 0 Å². The third-order valence-electron chi connectivity index (χ3n) is 6.76. The number of fused-ring (bicyclic) bond motifs is 1. The lowest BCUT2D eigenvalue weighted by molar-refractivity contribution is 0.0679. The number of rotatable bonds is 10. The van der Waals surface area contributed by atoms with Gasteiger partial charge in [0, 0.05) is 24.8 Å². The first-order valence-electron chi connectivity index (χ1n) is 12.5. The van der Waals surface area contributed by atoms with Crippen molar-refractivity contribution in [3.05, 3.63) is 64.7 Å². The molecule has 5 nitrogen and oxygen atoms in total. The molecule has 2 aromatic rings. The summed E-state index contributed by atoms with van der Waals surface area (Å²) in [7, 11) is 2.20. The van der Waals surface area contributed by atoms with E-state index >= 15 is 0 Å². The van der Waals surface area contributed by atoms with Gasteiger partial charge in [-0.1, -0.05) is 31.5 Å². The molecule has 0 bridgehead atoms. The standard InChI is InChI=1S/C28H38N2O3/c1-3-4-15-30(2)19-21-7-8-24-18-25(12-9-23(24)17-21)29-28(31)22-10-13-26(14-11-22)33-20-27-6-5-16-32-27/h7-8,10-11,13-14,17,25,27H,3-6,9,12,15-16,18-20H2,1-2H3,(H,29,31)/t25-,27-/m0/s1. The number of unbranched alkanes of at least 4 members (excludes halogenated alkanes) is 1. The monoisotopic (exact) mass is 450 g/mol. The SMILES string of the molecule is CCCCN(C)Cc1ccc2c(c1)CC[C@H](NC(=O)c1ccc(OC[C@@H]3CCCO3)cc1)C2. The minimum atomic E-state index is -0.0108. The van der Waals surface area contributed by atoms with Crippen LogP contribution in [-0.2, 0) is 24.1 Å². The van der Waals surface area contributed by atoms with Crippen LogP contribution in [0.1, 0.15) is 66.1 Å². The van der Waals surface area contributed by atoms with Gasteiger partial charge in [-0.25, -0.2) is 0 Å². The molecule has 178 valence electrons. The Morgan fingerprint density at radius 1 is 1.15 bits per heavy atom. The average molecular weight is 451 g/mol. The minimum absolute atomic E-state index is 0.0108. The van der Waals surface area contributed by atoms with Crippen LogP contribution < -0.4 is 10.1 Å². The first kappa shape index (κ1) is 23.8. The van der Waals surface area contributed by atoms with Gasteiger partial charge in [0.1, 0.15) is 12.4 Å². The van der Waals surface area contributed by atoms with Gasteiger partial charge in [0.2, 0.25) is 0 Å². The van der Waals surface area contributed by atoms with E-state index in [-0.39, 0.29) is 18.1 Å². The Hall–Kier alpha value is -2.37. The predicted octanol–water partition coefficient (Wildman–Crippen LogP) is 4.76. The highest BCUT2D eigenvalue weighted by Crippen LogP contribution is 2.24. The molecule has 2 aromatic carbocycles. The second-order valence-electron chi connectivity index (χ2n) is 9.58. The Kier molecular flexibility index (Phi) is 8.40. The van der Waals surface area contributed by atoms with E-state index < -0.39 is 0 Å². The molecule has 0 aromatic heterocycles. The quantitative estimate of drug-likeness (QED) is 0.567. The molecule has 1 saturated heterocycles. The van der Waals surface area contributed by atoms with Crippen LogP contribution >= 0.6 is 0 Å². The van der Waals surface area contributed by atoms with E-state index in [2.05, 4.69) is 42.4 Å². The number of ether oxygens (including phenoxy) is 2. The fraction of sp³-hybridized carbons (Fsp3) is 0.536. The largest absolute Gasteiger partial charge is 0.491 e. The van der Waals surface area contributed by atoms with Gasteiger partial charge in [-0.3, -0.25) is 4.79 Å². The molecule has 1 N–H and O–H groups in total. The molecular weight excluding hydrogens is 412 g/mol. The van der Waals surface area contributed by atoms with E-state index in [0.717, 1.165) is 57.6 Å². The van der Waals surface area contributed by atoms with Crippen LogP contribution in [0.4, 0.5) is 0 Å². The van der Waals surface area contributed by atoms with Gasteiger partial charge in [0.05, 0.1) is 6.10 Å². The highest BCUT2D eigenvalue weighted by molar-refractivity contribution is 5.94. The Morgan fingerprint density at radius 3 is 2.76 bits per heavy atom. The second kappa shape index (κ2) is 11.7. The Balaban J connectivity index is 1.26. The maximum Gasteiger partial charge on any atom is 0.251 e. The molecule has 1 heterocycles. The van der Waals surface area contributed by atoms with Crippen LogP contribution in [0.25, 0.3) is 0 Å². The van der Waals surface area contributed by atoms with E-state index in [1.54, 1.807) is 0 Å². The third-order valence-corrected chi connectivity index (χ3v) is 6.76. The lowest BCUT2D eigenvalue weighted by Gasteiger charge is -2.26. The molecule has 0 radical (unpaired) electrons. The Labute approximate surface area is 198 Å². The van der Waals surface area contributed by atoms with Crippen molar-refractivity contribution in [2.24, 2.45) is 0 Å². The molecular formula is C28H38N2O3. The number of carbonyl (C=O) groups is 1. The van der Waals surface area contributed by atoms with Crippen LogP contribution in [0.15, 0.2) is 42.5 Å². The maximum atomic E-state index is 12.8. The van der Waals surface area contributed by atoms with Crippen molar-refractivity contribution >= 4 is 5.91 Å². The van der Waals surface area contributed by atoms with Gasteiger partial charge in [0.25, 0.3) is 5.91 Å². The van der Waals surface area contributed by atoms with Crippen molar-refractivity contribution in [1.82, 2.24) is 10.2 Å². The molecule has 33 heavy (non-hydrogen) atoms. The predicted molar refractivity (Wildman–Crippen MR) is 132 cm³/mol. The van der Waals surface area contributed by atoms with Crippen molar-refractivity contribution in [3.63, 3.8) is 0 Å². The summed E-state index contributed by atoms with van der Waals surface area (Å²) in [5.74, 6) is 0.771. The van der Waals surface area contributed by atoms with Crippen molar-refractivity contribution < 1.29 is 14.3 Å². The van der Waals surface area contributed by atoms with Crippen molar-refractivity contribution in [1.29, 1.82) is 0 Å². The zero-order valence-electron chi connectivity index (χ0n) is 20.1. The Bertz CT molecular complexity index is 906. The van der Waals surface area contributed by atoms with E-state index in [1.807, 2.05) is 24.3 Å². The molecule has 1 amide bonds. The first-order valence-corrected chi connectivity index (χ1v) is 12.5. The number of amides is 1. The highest BCUT2D eigenvalue weighted by Gasteiger charge is 2.21. The molecule has 0 spiro atoms. The molecule has 0 unspecified atom stereocenters. The fourth-order valence-corrected chi connectivity index (χ4v) is 4.78. The van der Waals surface area contributed by atoms with E-state index in [9.17, 15) is 4.79 Å². The minimum Gasteiger partial charge on any atom is -0.491 e. The molecule has 0 saturated carbocycles. The number of nitrogens with zero attached hydrogens (tertiary/aromatic N) is 1. The van der Waals surface area contributed by atoms with Crippen LogP contribution in [0.5, 0.6) is 5.75 Å². The summed E-state index contributed by atoms with van der Waals surface area (Å²) in [4.78, 5) is 15.2. The number of aryl methyl sites for hydroxylation is 1.